The fourth-order valence-corrected chi connectivity index (χ4v) is 2.97. The second-order valence-corrected chi connectivity index (χ2v) is 6.82. The third kappa shape index (κ3) is 4.08. The zero-order valence-corrected chi connectivity index (χ0v) is 13.2. The number of rotatable bonds is 6. The van der Waals surface area contributed by atoms with E-state index in [1.807, 2.05) is 0 Å². The normalized spacial score (nSPS) is 11.7. The Morgan fingerprint density at radius 1 is 1.33 bits per heavy atom. The first-order valence-electron chi connectivity index (χ1n) is 6.34. The number of nitro groups is 1. The fraction of sp³-hybridized carbons (Fsp3) is 0.462. The molecular formula is C13H18N2O5S. The van der Waals surface area contributed by atoms with E-state index in [0.717, 1.165) is 6.07 Å². The van der Waals surface area contributed by atoms with Gasteiger partial charge in [-0.25, -0.2) is 13.1 Å². The lowest BCUT2D eigenvalue weighted by Crippen LogP contribution is -2.32. The molecule has 0 aliphatic carbocycles. The number of non-ortho nitro benzene ring substituents is 1. The summed E-state index contributed by atoms with van der Waals surface area (Å²) >= 11 is 0. The molecule has 0 spiro atoms. The van der Waals surface area contributed by atoms with Crippen molar-refractivity contribution in [3.63, 3.8) is 0 Å². The van der Waals surface area contributed by atoms with Crippen molar-refractivity contribution in [2.75, 3.05) is 6.54 Å². The van der Waals surface area contributed by atoms with Gasteiger partial charge in [0.15, 0.2) is 0 Å². The lowest BCUT2D eigenvalue weighted by Gasteiger charge is -2.11. The summed E-state index contributed by atoms with van der Waals surface area (Å²) in [6.07, 6.45) is 0. The number of hydrogen-bond donors (Lipinski definition) is 1. The van der Waals surface area contributed by atoms with Crippen molar-refractivity contribution >= 4 is 21.5 Å². The van der Waals surface area contributed by atoms with Gasteiger partial charge in [-0.3, -0.25) is 14.9 Å². The molecule has 0 unspecified atom stereocenters. The minimum absolute atomic E-state index is 0.175. The Morgan fingerprint density at radius 2 is 1.90 bits per heavy atom. The average Bonchev–Trinajstić information content (AvgIpc) is 2.38. The van der Waals surface area contributed by atoms with Crippen molar-refractivity contribution in [3.8, 4) is 0 Å². The maximum absolute atomic E-state index is 12.2. The molecule has 0 saturated carbocycles. The molecule has 7 nitrogen and oxygen atoms in total. The van der Waals surface area contributed by atoms with E-state index < -0.39 is 14.9 Å². The predicted molar refractivity (Wildman–Crippen MR) is 77.6 cm³/mol. The molecule has 0 heterocycles. The number of nitrogens with zero attached hydrogens (tertiary/aromatic N) is 1. The average molecular weight is 314 g/mol. The first-order valence-corrected chi connectivity index (χ1v) is 7.82. The van der Waals surface area contributed by atoms with Crippen LogP contribution in [0.1, 0.15) is 25.0 Å². The molecule has 116 valence electrons. The molecule has 21 heavy (non-hydrogen) atoms. The molecule has 0 fully saturated rings. The number of Topliss-reactive ketones (excluding diaryl/α,β-unsaturated/α-hetero) is 1. The quantitative estimate of drug-likeness (QED) is 0.635. The summed E-state index contributed by atoms with van der Waals surface area (Å²) in [7, 11) is -3.97. The van der Waals surface area contributed by atoms with Gasteiger partial charge in [0.2, 0.25) is 10.0 Å². The summed E-state index contributed by atoms with van der Waals surface area (Å²) in [6.45, 7) is 6.17. The van der Waals surface area contributed by atoms with E-state index in [-0.39, 0.29) is 28.8 Å². The van der Waals surface area contributed by atoms with Crippen LogP contribution >= 0.6 is 0 Å². The third-order valence-electron chi connectivity index (χ3n) is 3.19. The van der Waals surface area contributed by atoms with Crippen LogP contribution in [-0.4, -0.2) is 25.7 Å². The second-order valence-electron chi connectivity index (χ2n) is 5.09. The maximum atomic E-state index is 12.2. The molecule has 0 bridgehead atoms. The standard InChI is InChI=1S/C13H18N2O5S/c1-8(2)12(16)7-14-21(19,20)13-6-11(15(17)18)5-9(3)10(13)4/h5-6,8,14H,7H2,1-4H3. The Kier molecular flexibility index (Phi) is 5.19. The van der Waals surface area contributed by atoms with Gasteiger partial charge < -0.3 is 0 Å². The molecule has 1 aromatic carbocycles. The van der Waals surface area contributed by atoms with Crippen LogP contribution in [0, 0.1) is 29.9 Å². The van der Waals surface area contributed by atoms with Crippen LogP contribution in [0.5, 0.6) is 0 Å². The molecular weight excluding hydrogens is 296 g/mol. The van der Waals surface area contributed by atoms with Crippen LogP contribution in [0.3, 0.4) is 0 Å². The van der Waals surface area contributed by atoms with E-state index in [4.69, 9.17) is 0 Å². The van der Waals surface area contributed by atoms with Crippen molar-refractivity contribution in [2.45, 2.75) is 32.6 Å². The van der Waals surface area contributed by atoms with Crippen molar-refractivity contribution in [1.82, 2.24) is 4.72 Å². The van der Waals surface area contributed by atoms with Crippen molar-refractivity contribution in [2.24, 2.45) is 5.92 Å². The Balaban J connectivity index is 3.19. The molecule has 1 rings (SSSR count). The van der Waals surface area contributed by atoms with E-state index in [1.54, 1.807) is 27.7 Å². The number of benzene rings is 1. The van der Waals surface area contributed by atoms with Gasteiger partial charge in [0, 0.05) is 18.1 Å². The number of nitro benzene ring substituents is 1. The van der Waals surface area contributed by atoms with E-state index in [0.29, 0.717) is 11.1 Å². The van der Waals surface area contributed by atoms with E-state index in [2.05, 4.69) is 4.72 Å². The zero-order chi connectivity index (χ0) is 16.4. The Hall–Kier alpha value is -1.80. The SMILES string of the molecule is Cc1cc([N+](=O)[O-])cc(S(=O)(=O)NCC(=O)C(C)C)c1C. The molecule has 8 heteroatoms. The number of carbonyl (C=O) groups is 1. The third-order valence-corrected chi connectivity index (χ3v) is 4.71. The van der Waals surface area contributed by atoms with Gasteiger partial charge in [0.25, 0.3) is 5.69 Å². The minimum atomic E-state index is -3.97. The van der Waals surface area contributed by atoms with Crippen LogP contribution < -0.4 is 4.72 Å². The number of ketones is 1. The number of sulfonamides is 1. The molecule has 1 N–H and O–H groups in total. The van der Waals surface area contributed by atoms with Gasteiger partial charge >= 0.3 is 0 Å². The maximum Gasteiger partial charge on any atom is 0.271 e. The molecule has 0 radical (unpaired) electrons. The Labute approximate surface area is 123 Å². The van der Waals surface area contributed by atoms with Crippen molar-refractivity contribution in [3.05, 3.63) is 33.4 Å². The summed E-state index contributed by atoms with van der Waals surface area (Å²) in [5, 5.41) is 10.8. The summed E-state index contributed by atoms with van der Waals surface area (Å²) in [5.41, 5.74) is 0.624. The molecule has 0 saturated heterocycles. The number of carbonyl (C=O) groups excluding carboxylic acids is 1. The molecule has 0 aromatic heterocycles. The second kappa shape index (κ2) is 6.31. The van der Waals surface area contributed by atoms with Crippen LogP contribution in [-0.2, 0) is 14.8 Å². The first kappa shape index (κ1) is 17.3. The summed E-state index contributed by atoms with van der Waals surface area (Å²) < 4.78 is 26.6. The summed E-state index contributed by atoms with van der Waals surface area (Å²) in [6, 6.07) is 2.32. The highest BCUT2D eigenvalue weighted by molar-refractivity contribution is 7.89. The first-order chi connectivity index (χ1) is 9.56. The van der Waals surface area contributed by atoms with Crippen LogP contribution in [0.2, 0.25) is 0 Å². The summed E-state index contributed by atoms with van der Waals surface area (Å²) in [5.74, 6) is -0.543. The monoisotopic (exact) mass is 314 g/mol. The number of aryl methyl sites for hydroxylation is 1. The Bertz CT molecular complexity index is 680. The molecule has 0 aliphatic heterocycles. The van der Waals surface area contributed by atoms with Crippen LogP contribution in [0.4, 0.5) is 5.69 Å². The van der Waals surface area contributed by atoms with Gasteiger partial charge in [-0.1, -0.05) is 13.8 Å². The number of nitrogens with one attached hydrogen (secondary N) is 1. The molecule has 1 aromatic rings. The largest absolute Gasteiger partial charge is 0.298 e. The highest BCUT2D eigenvalue weighted by Gasteiger charge is 2.23. The number of hydrogen-bond acceptors (Lipinski definition) is 5. The van der Waals surface area contributed by atoms with E-state index >= 15 is 0 Å². The smallest absolute Gasteiger partial charge is 0.271 e. The zero-order valence-electron chi connectivity index (χ0n) is 12.3. The van der Waals surface area contributed by atoms with Gasteiger partial charge in [-0.15, -0.1) is 0 Å². The highest BCUT2D eigenvalue weighted by atomic mass is 32.2. The van der Waals surface area contributed by atoms with Gasteiger partial charge in [-0.2, -0.15) is 0 Å². The van der Waals surface area contributed by atoms with Gasteiger partial charge in [0.1, 0.15) is 5.78 Å². The molecule has 0 amide bonds. The molecule has 0 atom stereocenters. The molecule has 0 aliphatic rings. The van der Waals surface area contributed by atoms with E-state index in [9.17, 15) is 23.3 Å². The lowest BCUT2D eigenvalue weighted by molar-refractivity contribution is -0.385. The fourth-order valence-electron chi connectivity index (χ4n) is 1.64. The van der Waals surface area contributed by atoms with Gasteiger partial charge in [-0.05, 0) is 25.0 Å². The van der Waals surface area contributed by atoms with E-state index in [1.165, 1.54) is 6.07 Å². The van der Waals surface area contributed by atoms with Crippen LogP contribution in [0.15, 0.2) is 17.0 Å². The highest BCUT2D eigenvalue weighted by Crippen LogP contribution is 2.25. The van der Waals surface area contributed by atoms with Gasteiger partial charge in [0.05, 0.1) is 16.4 Å². The lowest BCUT2D eigenvalue weighted by atomic mass is 10.1. The topological polar surface area (TPSA) is 106 Å². The predicted octanol–water partition coefficient (Wildman–Crippen LogP) is 1.72. The summed E-state index contributed by atoms with van der Waals surface area (Å²) in [4.78, 5) is 21.5. The van der Waals surface area contributed by atoms with Crippen LogP contribution in [0.25, 0.3) is 0 Å². The minimum Gasteiger partial charge on any atom is -0.298 e. The Morgan fingerprint density at radius 3 is 2.38 bits per heavy atom. The van der Waals surface area contributed by atoms with Crippen molar-refractivity contribution in [1.29, 1.82) is 0 Å². The van der Waals surface area contributed by atoms with Crippen molar-refractivity contribution < 1.29 is 18.1 Å².